The van der Waals surface area contributed by atoms with Crippen LogP contribution >= 0.6 is 35.7 Å². The second-order valence-electron chi connectivity index (χ2n) is 4.70. The van der Waals surface area contributed by atoms with Crippen molar-refractivity contribution < 1.29 is 4.79 Å². The Balaban J connectivity index is 1.71. The molecule has 110 valence electrons. The Labute approximate surface area is 143 Å². The van der Waals surface area contributed by atoms with E-state index < -0.39 is 0 Å². The van der Waals surface area contributed by atoms with Crippen molar-refractivity contribution in [3.05, 3.63) is 70.6 Å². The highest BCUT2D eigenvalue weighted by molar-refractivity contribution is 8.26. The van der Waals surface area contributed by atoms with Gasteiger partial charge in [0.2, 0.25) is 0 Å². The van der Waals surface area contributed by atoms with E-state index >= 15 is 0 Å². The summed E-state index contributed by atoms with van der Waals surface area (Å²) in [6.07, 6.45) is 1.88. The molecule has 0 atom stereocenters. The van der Waals surface area contributed by atoms with E-state index in [1.807, 2.05) is 36.4 Å². The van der Waals surface area contributed by atoms with E-state index in [4.69, 9.17) is 12.2 Å². The largest absolute Gasteiger partial charge is 0.307 e. The van der Waals surface area contributed by atoms with Crippen molar-refractivity contribution in [2.24, 2.45) is 0 Å². The van der Waals surface area contributed by atoms with E-state index in [2.05, 4.69) is 29.6 Å². The SMILES string of the molecule is O=C1NC(=S)SC1=Cc1cccc(CSc2ccccc2)c1. The van der Waals surface area contributed by atoms with E-state index in [1.54, 1.807) is 11.8 Å². The molecule has 3 rings (SSSR count). The molecule has 1 aliphatic rings. The number of rotatable bonds is 4. The number of nitrogens with one attached hydrogen (secondary N) is 1. The number of amides is 1. The van der Waals surface area contributed by atoms with Crippen LogP contribution in [0.3, 0.4) is 0 Å². The van der Waals surface area contributed by atoms with Gasteiger partial charge in [-0.25, -0.2) is 0 Å². The standard InChI is InChI=1S/C17H13NOS3/c19-16-15(22-17(20)18-16)10-12-5-4-6-13(9-12)11-21-14-7-2-1-3-8-14/h1-10H,11H2,(H,18,19,20). The van der Waals surface area contributed by atoms with Crippen molar-refractivity contribution in [1.29, 1.82) is 0 Å². The third kappa shape index (κ3) is 4.00. The minimum absolute atomic E-state index is 0.112. The van der Waals surface area contributed by atoms with Gasteiger partial charge in [0.1, 0.15) is 4.32 Å². The molecule has 1 N–H and O–H groups in total. The Hall–Kier alpha value is -1.56. The van der Waals surface area contributed by atoms with Crippen LogP contribution in [0.4, 0.5) is 0 Å². The molecular weight excluding hydrogens is 330 g/mol. The summed E-state index contributed by atoms with van der Waals surface area (Å²) in [5.74, 6) is 0.790. The lowest BCUT2D eigenvalue weighted by atomic mass is 10.1. The van der Waals surface area contributed by atoms with Crippen LogP contribution in [0.5, 0.6) is 0 Å². The second kappa shape index (κ2) is 7.13. The van der Waals surface area contributed by atoms with Crippen LogP contribution in [0.2, 0.25) is 0 Å². The normalized spacial score (nSPS) is 16.1. The maximum atomic E-state index is 11.7. The molecule has 0 bridgehead atoms. The van der Waals surface area contributed by atoms with E-state index in [0.29, 0.717) is 9.23 Å². The number of hydrogen-bond acceptors (Lipinski definition) is 4. The Kier molecular flexibility index (Phi) is 4.97. The second-order valence-corrected chi connectivity index (χ2v) is 7.47. The summed E-state index contributed by atoms with van der Waals surface area (Å²) in [5.41, 5.74) is 2.25. The summed E-state index contributed by atoms with van der Waals surface area (Å²) in [5, 5.41) is 2.63. The molecule has 2 nitrogen and oxygen atoms in total. The lowest BCUT2D eigenvalue weighted by Gasteiger charge is -2.03. The van der Waals surface area contributed by atoms with Crippen molar-refractivity contribution in [2.45, 2.75) is 10.6 Å². The first-order chi connectivity index (χ1) is 10.7. The summed E-state index contributed by atoms with van der Waals surface area (Å²) in [6.45, 7) is 0. The van der Waals surface area contributed by atoms with Crippen molar-refractivity contribution in [3.63, 3.8) is 0 Å². The van der Waals surface area contributed by atoms with Crippen LogP contribution in [-0.2, 0) is 10.5 Å². The average Bonchev–Trinajstić information content (AvgIpc) is 2.84. The Morgan fingerprint density at radius 3 is 2.68 bits per heavy atom. The van der Waals surface area contributed by atoms with Gasteiger partial charge in [-0.3, -0.25) is 4.79 Å². The first-order valence-electron chi connectivity index (χ1n) is 6.72. The predicted molar refractivity (Wildman–Crippen MR) is 98.8 cm³/mol. The van der Waals surface area contributed by atoms with Gasteiger partial charge in [-0.15, -0.1) is 11.8 Å². The monoisotopic (exact) mass is 343 g/mol. The summed E-state index contributed by atoms with van der Waals surface area (Å²) < 4.78 is 0.520. The minimum atomic E-state index is -0.112. The number of thioether (sulfide) groups is 2. The van der Waals surface area contributed by atoms with Crippen molar-refractivity contribution in [1.82, 2.24) is 5.32 Å². The maximum Gasteiger partial charge on any atom is 0.263 e. The first-order valence-corrected chi connectivity index (χ1v) is 8.93. The molecule has 1 aliphatic heterocycles. The number of thiocarbonyl (C=S) groups is 1. The molecule has 22 heavy (non-hydrogen) atoms. The van der Waals surface area contributed by atoms with Crippen LogP contribution in [0, 0.1) is 0 Å². The zero-order valence-corrected chi connectivity index (χ0v) is 14.1. The zero-order chi connectivity index (χ0) is 15.4. The summed E-state index contributed by atoms with van der Waals surface area (Å²) in [4.78, 5) is 13.6. The molecule has 2 aromatic rings. The fraction of sp³-hybridized carbons (Fsp3) is 0.0588. The van der Waals surface area contributed by atoms with Gasteiger partial charge in [-0.1, -0.05) is 66.4 Å². The number of benzene rings is 2. The fourth-order valence-corrected chi connectivity index (χ4v) is 3.94. The van der Waals surface area contributed by atoms with E-state index in [0.717, 1.165) is 11.3 Å². The molecule has 1 saturated heterocycles. The average molecular weight is 343 g/mol. The van der Waals surface area contributed by atoms with Gasteiger partial charge in [-0.05, 0) is 29.3 Å². The molecular formula is C17H13NOS3. The van der Waals surface area contributed by atoms with Crippen LogP contribution in [0.15, 0.2) is 64.4 Å². The van der Waals surface area contributed by atoms with Crippen LogP contribution in [-0.4, -0.2) is 10.2 Å². The van der Waals surface area contributed by atoms with E-state index in [-0.39, 0.29) is 5.91 Å². The Morgan fingerprint density at radius 2 is 1.95 bits per heavy atom. The third-order valence-corrected chi connectivity index (χ3v) is 5.29. The Morgan fingerprint density at radius 1 is 1.14 bits per heavy atom. The highest BCUT2D eigenvalue weighted by Crippen LogP contribution is 2.27. The highest BCUT2D eigenvalue weighted by atomic mass is 32.2. The predicted octanol–water partition coefficient (Wildman–Crippen LogP) is 4.47. The van der Waals surface area contributed by atoms with Gasteiger partial charge in [0, 0.05) is 10.6 Å². The van der Waals surface area contributed by atoms with Gasteiger partial charge in [0.15, 0.2) is 0 Å². The number of carbonyl (C=O) groups excluding carboxylic acids is 1. The quantitative estimate of drug-likeness (QED) is 0.504. The molecule has 5 heteroatoms. The lowest BCUT2D eigenvalue weighted by molar-refractivity contribution is -0.115. The van der Waals surface area contributed by atoms with Crippen molar-refractivity contribution in [2.75, 3.05) is 0 Å². The molecule has 1 heterocycles. The summed E-state index contributed by atoms with van der Waals surface area (Å²) in [7, 11) is 0. The molecule has 0 aromatic heterocycles. The third-order valence-electron chi connectivity index (χ3n) is 3.04. The van der Waals surface area contributed by atoms with Crippen molar-refractivity contribution >= 4 is 52.0 Å². The zero-order valence-electron chi connectivity index (χ0n) is 11.6. The van der Waals surface area contributed by atoms with Gasteiger partial charge in [-0.2, -0.15) is 0 Å². The molecule has 0 saturated carbocycles. The fourth-order valence-electron chi connectivity index (χ4n) is 2.03. The molecule has 2 aromatic carbocycles. The molecule has 0 aliphatic carbocycles. The summed E-state index contributed by atoms with van der Waals surface area (Å²) >= 11 is 8.11. The molecule has 0 spiro atoms. The minimum Gasteiger partial charge on any atom is -0.307 e. The van der Waals surface area contributed by atoms with Gasteiger partial charge in [0.25, 0.3) is 5.91 Å². The van der Waals surface area contributed by atoms with Gasteiger partial charge >= 0.3 is 0 Å². The molecule has 0 radical (unpaired) electrons. The number of carbonyl (C=O) groups is 1. The number of hydrogen-bond donors (Lipinski definition) is 1. The Bertz CT molecular complexity index is 741. The summed E-state index contributed by atoms with van der Waals surface area (Å²) in [6, 6.07) is 18.5. The van der Waals surface area contributed by atoms with Crippen LogP contribution in [0.1, 0.15) is 11.1 Å². The molecule has 0 unspecified atom stereocenters. The van der Waals surface area contributed by atoms with Crippen LogP contribution < -0.4 is 5.32 Å². The van der Waals surface area contributed by atoms with Gasteiger partial charge in [0.05, 0.1) is 4.91 Å². The van der Waals surface area contributed by atoms with Crippen LogP contribution in [0.25, 0.3) is 6.08 Å². The van der Waals surface area contributed by atoms with E-state index in [9.17, 15) is 4.79 Å². The first kappa shape index (κ1) is 15.3. The molecule has 1 fully saturated rings. The van der Waals surface area contributed by atoms with E-state index in [1.165, 1.54) is 22.2 Å². The topological polar surface area (TPSA) is 29.1 Å². The smallest absolute Gasteiger partial charge is 0.263 e. The highest BCUT2D eigenvalue weighted by Gasteiger charge is 2.21. The maximum absolute atomic E-state index is 11.7. The van der Waals surface area contributed by atoms with Crippen molar-refractivity contribution in [3.8, 4) is 0 Å². The molecule has 1 amide bonds. The van der Waals surface area contributed by atoms with Gasteiger partial charge < -0.3 is 5.32 Å². The lowest BCUT2D eigenvalue weighted by Crippen LogP contribution is -2.17.